The first-order valence-electron chi connectivity index (χ1n) is 8.66. The minimum absolute atomic E-state index is 0.126. The zero-order valence-corrected chi connectivity index (χ0v) is 14.8. The quantitative estimate of drug-likeness (QED) is 0.863. The number of amides is 1. The number of nitrogens with zero attached hydrogens (tertiary/aromatic N) is 1. The summed E-state index contributed by atoms with van der Waals surface area (Å²) in [7, 11) is 0. The Morgan fingerprint density at radius 2 is 2.21 bits per heavy atom. The lowest BCUT2D eigenvalue weighted by molar-refractivity contribution is -0.134. The highest BCUT2D eigenvalue weighted by Gasteiger charge is 2.42. The van der Waals surface area contributed by atoms with Crippen LogP contribution in [0.15, 0.2) is 30.9 Å². The summed E-state index contributed by atoms with van der Waals surface area (Å²) in [6, 6.07) is 6.12. The van der Waals surface area contributed by atoms with E-state index in [4.69, 9.17) is 4.74 Å². The Balaban J connectivity index is 1.86. The van der Waals surface area contributed by atoms with Gasteiger partial charge < -0.3 is 14.7 Å². The molecule has 1 heterocycles. The second kappa shape index (κ2) is 6.01. The maximum absolute atomic E-state index is 12.4. The van der Waals surface area contributed by atoms with Crippen molar-refractivity contribution < 1.29 is 14.6 Å². The lowest BCUT2D eigenvalue weighted by Crippen LogP contribution is -2.49. The molecule has 1 saturated carbocycles. The largest absolute Gasteiger partial charge is 0.388 e. The van der Waals surface area contributed by atoms with E-state index in [0.717, 1.165) is 24.8 Å². The molecule has 0 radical (unpaired) electrons. The molecule has 3 rings (SSSR count). The van der Waals surface area contributed by atoms with E-state index in [1.165, 1.54) is 17.2 Å². The van der Waals surface area contributed by atoms with Gasteiger partial charge in [0.15, 0.2) is 0 Å². The van der Waals surface area contributed by atoms with Crippen LogP contribution >= 0.6 is 0 Å². The van der Waals surface area contributed by atoms with Gasteiger partial charge >= 0.3 is 0 Å². The predicted molar refractivity (Wildman–Crippen MR) is 93.3 cm³/mol. The predicted octanol–water partition coefficient (Wildman–Crippen LogP) is 3.27. The fraction of sp³-hybridized carbons (Fsp3) is 0.550. The van der Waals surface area contributed by atoms with E-state index in [2.05, 4.69) is 38.6 Å². The molecule has 2 atom stereocenters. The molecule has 1 N–H and O–H groups in total. The van der Waals surface area contributed by atoms with Crippen LogP contribution < -0.4 is 0 Å². The Labute approximate surface area is 144 Å². The topological polar surface area (TPSA) is 49.8 Å². The molecule has 2 unspecified atom stereocenters. The molecule has 1 aromatic rings. The number of aliphatic hydroxyl groups is 1. The van der Waals surface area contributed by atoms with Gasteiger partial charge in [-0.3, -0.25) is 4.79 Å². The van der Waals surface area contributed by atoms with Gasteiger partial charge in [-0.25, -0.2) is 0 Å². The van der Waals surface area contributed by atoms with Gasteiger partial charge in [-0.1, -0.05) is 24.8 Å². The third-order valence-electron chi connectivity index (χ3n) is 5.47. The lowest BCUT2D eigenvalue weighted by atomic mass is 9.94. The van der Waals surface area contributed by atoms with Crippen molar-refractivity contribution in [3.63, 3.8) is 0 Å². The normalized spacial score (nSPS) is 27.8. The molecular weight excluding hydrogens is 302 g/mol. The molecule has 1 fully saturated rings. The summed E-state index contributed by atoms with van der Waals surface area (Å²) in [6.45, 7) is 10.7. The smallest absolute Gasteiger partial charge is 0.246 e. The second-order valence-electron chi connectivity index (χ2n) is 7.73. The molecule has 1 amide bonds. The van der Waals surface area contributed by atoms with Crippen LogP contribution in [0.3, 0.4) is 0 Å². The summed E-state index contributed by atoms with van der Waals surface area (Å²) in [4.78, 5) is 14.2. The van der Waals surface area contributed by atoms with Crippen LogP contribution in [0.1, 0.15) is 56.7 Å². The number of benzene rings is 1. The van der Waals surface area contributed by atoms with E-state index in [-0.39, 0.29) is 17.6 Å². The number of hydrogen-bond donors (Lipinski definition) is 1. The first-order valence-corrected chi connectivity index (χ1v) is 8.66. The highest BCUT2D eigenvalue weighted by Crippen LogP contribution is 2.37. The number of hydrogen-bond acceptors (Lipinski definition) is 3. The van der Waals surface area contributed by atoms with Crippen molar-refractivity contribution in [2.45, 2.75) is 70.4 Å². The molecular formula is C20H27NO3. The number of carbonyl (C=O) groups excluding carboxylic acids is 1. The van der Waals surface area contributed by atoms with Crippen LogP contribution in [-0.4, -0.2) is 27.6 Å². The molecule has 0 saturated heterocycles. The summed E-state index contributed by atoms with van der Waals surface area (Å²) in [6.07, 6.45) is 3.83. The second-order valence-corrected chi connectivity index (χ2v) is 7.73. The first-order chi connectivity index (χ1) is 11.2. The third kappa shape index (κ3) is 3.01. The molecule has 2 aliphatic rings. The Hall–Kier alpha value is -1.65. The number of ether oxygens (including phenoxy) is 1. The van der Waals surface area contributed by atoms with E-state index >= 15 is 0 Å². The molecule has 1 aliphatic carbocycles. The lowest BCUT2D eigenvalue weighted by Gasteiger charge is -2.36. The van der Waals surface area contributed by atoms with Crippen molar-refractivity contribution in [2.75, 3.05) is 0 Å². The van der Waals surface area contributed by atoms with E-state index in [1.807, 2.05) is 6.92 Å². The summed E-state index contributed by atoms with van der Waals surface area (Å²) in [5.74, 6) is -0.126. The fourth-order valence-corrected chi connectivity index (χ4v) is 4.07. The first kappa shape index (κ1) is 17.2. The van der Waals surface area contributed by atoms with Gasteiger partial charge in [0.2, 0.25) is 5.91 Å². The Kier molecular flexibility index (Phi) is 4.30. The Morgan fingerprint density at radius 1 is 1.46 bits per heavy atom. The van der Waals surface area contributed by atoms with Gasteiger partial charge in [0.25, 0.3) is 0 Å². The SMILES string of the molecule is C=CC(=O)N(Cc1ccc2c(c1)COC2(C)C)C1CCCC1(C)O. The summed E-state index contributed by atoms with van der Waals surface area (Å²) in [5, 5.41) is 10.6. The highest BCUT2D eigenvalue weighted by molar-refractivity contribution is 5.87. The summed E-state index contributed by atoms with van der Waals surface area (Å²) in [5.41, 5.74) is 2.37. The summed E-state index contributed by atoms with van der Waals surface area (Å²) < 4.78 is 5.84. The average molecular weight is 329 g/mol. The number of rotatable bonds is 4. The molecule has 0 aromatic heterocycles. The van der Waals surface area contributed by atoms with Gasteiger partial charge in [-0.2, -0.15) is 0 Å². The van der Waals surface area contributed by atoms with Crippen LogP contribution in [0.4, 0.5) is 0 Å². The Bertz CT molecular complexity index is 663. The number of carbonyl (C=O) groups is 1. The van der Waals surface area contributed by atoms with Gasteiger partial charge in [-0.15, -0.1) is 0 Å². The average Bonchev–Trinajstić information content (AvgIpc) is 3.03. The number of fused-ring (bicyclic) bond motifs is 1. The van der Waals surface area contributed by atoms with E-state index in [9.17, 15) is 9.90 Å². The van der Waals surface area contributed by atoms with Crippen molar-refractivity contribution in [1.29, 1.82) is 0 Å². The van der Waals surface area contributed by atoms with Gasteiger partial charge in [-0.05, 0) is 62.8 Å². The maximum atomic E-state index is 12.4. The minimum Gasteiger partial charge on any atom is -0.388 e. The van der Waals surface area contributed by atoms with Gasteiger partial charge in [0, 0.05) is 6.54 Å². The van der Waals surface area contributed by atoms with Gasteiger partial charge in [0.1, 0.15) is 0 Å². The highest BCUT2D eigenvalue weighted by atomic mass is 16.5. The molecule has 0 spiro atoms. The van der Waals surface area contributed by atoms with Crippen LogP contribution in [0.2, 0.25) is 0 Å². The van der Waals surface area contributed by atoms with Crippen molar-refractivity contribution in [3.05, 3.63) is 47.5 Å². The fourth-order valence-electron chi connectivity index (χ4n) is 4.07. The van der Waals surface area contributed by atoms with Gasteiger partial charge in [0.05, 0.1) is 23.9 Å². The molecule has 24 heavy (non-hydrogen) atoms. The molecule has 0 bridgehead atoms. The van der Waals surface area contributed by atoms with E-state index < -0.39 is 5.60 Å². The summed E-state index contributed by atoms with van der Waals surface area (Å²) >= 11 is 0. The zero-order valence-electron chi connectivity index (χ0n) is 14.8. The van der Waals surface area contributed by atoms with Crippen LogP contribution in [0.25, 0.3) is 0 Å². The van der Waals surface area contributed by atoms with Crippen LogP contribution in [0, 0.1) is 0 Å². The van der Waals surface area contributed by atoms with E-state index in [1.54, 1.807) is 4.90 Å². The van der Waals surface area contributed by atoms with Crippen molar-refractivity contribution >= 4 is 5.91 Å². The standard InChI is InChI=1S/C20H27NO3/c1-5-18(22)21(17-7-6-10-20(17,4)23)12-14-8-9-16-15(11-14)13-24-19(16,2)3/h5,8-9,11,17,23H,1,6-7,10,12-13H2,2-4H3. The van der Waals surface area contributed by atoms with Crippen molar-refractivity contribution in [2.24, 2.45) is 0 Å². The van der Waals surface area contributed by atoms with E-state index in [0.29, 0.717) is 13.2 Å². The van der Waals surface area contributed by atoms with Crippen LogP contribution in [0.5, 0.6) is 0 Å². The van der Waals surface area contributed by atoms with Crippen LogP contribution in [-0.2, 0) is 28.3 Å². The molecule has 4 heteroatoms. The van der Waals surface area contributed by atoms with Crippen molar-refractivity contribution in [3.8, 4) is 0 Å². The minimum atomic E-state index is -0.833. The maximum Gasteiger partial charge on any atom is 0.246 e. The zero-order chi connectivity index (χ0) is 17.5. The van der Waals surface area contributed by atoms with Crippen molar-refractivity contribution in [1.82, 2.24) is 4.90 Å². The molecule has 130 valence electrons. The molecule has 1 aliphatic heterocycles. The third-order valence-corrected chi connectivity index (χ3v) is 5.47. The molecule has 1 aromatic carbocycles. The Morgan fingerprint density at radius 3 is 2.83 bits per heavy atom. The monoisotopic (exact) mass is 329 g/mol. The molecule has 4 nitrogen and oxygen atoms in total.